The molecular weight excluding hydrogens is 364 g/mol. The van der Waals surface area contributed by atoms with Gasteiger partial charge < -0.3 is 10.1 Å². The Morgan fingerprint density at radius 2 is 1.96 bits per heavy atom. The van der Waals surface area contributed by atoms with Crippen LogP contribution in [0.2, 0.25) is 0 Å². The van der Waals surface area contributed by atoms with Gasteiger partial charge in [-0.3, -0.25) is 4.79 Å². The molecule has 0 aromatic carbocycles. The summed E-state index contributed by atoms with van der Waals surface area (Å²) in [5.74, 6) is -1.13. The molecule has 2 heterocycles. The lowest BCUT2D eigenvalue weighted by atomic mass is 10.2. The Morgan fingerprint density at radius 3 is 2.60 bits per heavy atom. The molecule has 2 fully saturated rings. The van der Waals surface area contributed by atoms with E-state index in [1.807, 2.05) is 0 Å². The lowest BCUT2D eigenvalue weighted by molar-refractivity contribution is -0.129. The van der Waals surface area contributed by atoms with E-state index >= 15 is 0 Å². The van der Waals surface area contributed by atoms with Gasteiger partial charge in [-0.05, 0) is 44.1 Å². The molecule has 1 saturated carbocycles. The van der Waals surface area contributed by atoms with Gasteiger partial charge in [0.1, 0.15) is 9.77 Å². The first-order chi connectivity index (χ1) is 11.9. The van der Waals surface area contributed by atoms with Gasteiger partial charge in [0.15, 0.2) is 6.10 Å². The Bertz CT molecular complexity index is 748. The molecule has 1 atom stereocenters. The van der Waals surface area contributed by atoms with Gasteiger partial charge in [0, 0.05) is 19.1 Å². The Labute approximate surface area is 151 Å². The van der Waals surface area contributed by atoms with E-state index in [-0.39, 0.29) is 21.7 Å². The number of ether oxygens (including phenoxy) is 1. The molecule has 1 aromatic heterocycles. The number of nitrogens with one attached hydrogen (secondary N) is 1. The number of sulfonamides is 1. The van der Waals surface area contributed by atoms with Crippen LogP contribution in [0, 0.1) is 0 Å². The van der Waals surface area contributed by atoms with E-state index in [2.05, 4.69) is 5.32 Å². The lowest BCUT2D eigenvalue weighted by Crippen LogP contribution is -2.38. The normalized spacial score (nSPS) is 20.0. The summed E-state index contributed by atoms with van der Waals surface area (Å²) in [6.07, 6.45) is 3.58. The number of rotatable bonds is 6. The van der Waals surface area contributed by atoms with E-state index in [0.717, 1.165) is 43.4 Å². The van der Waals surface area contributed by atoms with Gasteiger partial charge in [0.2, 0.25) is 10.0 Å². The molecule has 1 unspecified atom stereocenters. The van der Waals surface area contributed by atoms with E-state index in [0.29, 0.717) is 13.1 Å². The van der Waals surface area contributed by atoms with Crippen LogP contribution in [0.5, 0.6) is 0 Å². The quantitative estimate of drug-likeness (QED) is 0.752. The number of hydrogen-bond acceptors (Lipinski definition) is 6. The summed E-state index contributed by atoms with van der Waals surface area (Å²) < 4.78 is 32.2. The summed E-state index contributed by atoms with van der Waals surface area (Å²) in [4.78, 5) is 24.3. The maximum Gasteiger partial charge on any atom is 0.350 e. The molecular formula is C16H22N2O5S2. The number of hydrogen-bond donors (Lipinski definition) is 1. The molecule has 1 aliphatic carbocycles. The van der Waals surface area contributed by atoms with Gasteiger partial charge >= 0.3 is 5.97 Å². The maximum absolute atomic E-state index is 12.8. The van der Waals surface area contributed by atoms with Crippen LogP contribution in [0.3, 0.4) is 0 Å². The average molecular weight is 386 g/mol. The number of piperidine rings is 1. The van der Waals surface area contributed by atoms with Crippen molar-refractivity contribution in [2.24, 2.45) is 0 Å². The van der Waals surface area contributed by atoms with Gasteiger partial charge in [0.05, 0.1) is 0 Å². The Hall–Kier alpha value is -1.45. The zero-order valence-corrected chi connectivity index (χ0v) is 15.7. The highest BCUT2D eigenvalue weighted by molar-refractivity contribution is 7.89. The first-order valence-electron chi connectivity index (χ1n) is 8.48. The predicted octanol–water partition coefficient (Wildman–Crippen LogP) is 1.75. The van der Waals surface area contributed by atoms with Crippen LogP contribution in [0.1, 0.15) is 48.7 Å². The summed E-state index contributed by atoms with van der Waals surface area (Å²) in [5, 5.41) is 4.32. The number of esters is 1. The number of carbonyl (C=O) groups is 2. The molecule has 0 bridgehead atoms. The second kappa shape index (κ2) is 7.43. The van der Waals surface area contributed by atoms with Crippen molar-refractivity contribution in [3.63, 3.8) is 0 Å². The minimum Gasteiger partial charge on any atom is -0.448 e. The number of nitrogens with zero attached hydrogens (tertiary/aromatic N) is 1. The standard InChI is InChI=1S/C16H22N2O5S2/c1-11(15(19)17-12-5-6-12)23-16(20)14-13(7-10-24-14)25(21,22)18-8-3-2-4-9-18/h7,10-12H,2-6,8-9H2,1H3,(H,17,19). The summed E-state index contributed by atoms with van der Waals surface area (Å²) in [6.45, 7) is 2.42. The Balaban J connectivity index is 1.71. The zero-order valence-electron chi connectivity index (χ0n) is 14.1. The van der Waals surface area contributed by atoms with Gasteiger partial charge in [-0.15, -0.1) is 11.3 Å². The summed E-state index contributed by atoms with van der Waals surface area (Å²) in [6, 6.07) is 1.60. The van der Waals surface area contributed by atoms with E-state index in [1.165, 1.54) is 17.3 Å². The second-order valence-electron chi connectivity index (χ2n) is 6.41. The van der Waals surface area contributed by atoms with Crippen LogP contribution in [0.4, 0.5) is 0 Å². The third kappa shape index (κ3) is 4.21. The Kier molecular flexibility index (Phi) is 5.45. The average Bonchev–Trinajstić information content (AvgIpc) is 3.26. The number of amides is 1. The Morgan fingerprint density at radius 1 is 1.28 bits per heavy atom. The van der Waals surface area contributed by atoms with E-state index < -0.39 is 22.1 Å². The van der Waals surface area contributed by atoms with Gasteiger partial charge in [-0.2, -0.15) is 4.31 Å². The summed E-state index contributed by atoms with van der Waals surface area (Å²) >= 11 is 1.02. The molecule has 2 aliphatic rings. The van der Waals surface area contributed by atoms with Crippen LogP contribution in [-0.4, -0.2) is 49.8 Å². The molecule has 1 N–H and O–H groups in total. The number of thiophene rings is 1. The zero-order chi connectivity index (χ0) is 18.0. The smallest absolute Gasteiger partial charge is 0.350 e. The fraction of sp³-hybridized carbons (Fsp3) is 0.625. The van der Waals surface area contributed by atoms with Gasteiger partial charge in [0.25, 0.3) is 5.91 Å². The van der Waals surface area contributed by atoms with Crippen molar-refractivity contribution in [1.29, 1.82) is 0 Å². The van der Waals surface area contributed by atoms with Crippen molar-refractivity contribution in [3.8, 4) is 0 Å². The first kappa shape index (κ1) is 18.3. The van der Waals surface area contributed by atoms with Crippen molar-refractivity contribution >= 4 is 33.2 Å². The highest BCUT2D eigenvalue weighted by Gasteiger charge is 2.33. The molecule has 0 radical (unpaired) electrons. The van der Waals surface area contributed by atoms with E-state index in [9.17, 15) is 18.0 Å². The van der Waals surface area contributed by atoms with E-state index in [1.54, 1.807) is 5.38 Å². The molecule has 25 heavy (non-hydrogen) atoms. The molecule has 1 saturated heterocycles. The molecule has 0 spiro atoms. The third-order valence-corrected chi connectivity index (χ3v) is 7.29. The lowest BCUT2D eigenvalue weighted by Gasteiger charge is -2.25. The van der Waals surface area contributed by atoms with Crippen molar-refractivity contribution < 1.29 is 22.7 Å². The molecule has 1 amide bonds. The topological polar surface area (TPSA) is 92.8 Å². The van der Waals surface area contributed by atoms with E-state index in [4.69, 9.17) is 4.74 Å². The molecule has 3 rings (SSSR count). The van der Waals surface area contributed by atoms with Crippen LogP contribution >= 0.6 is 11.3 Å². The SMILES string of the molecule is CC(OC(=O)c1sccc1S(=O)(=O)N1CCCCC1)C(=O)NC1CC1. The third-order valence-electron chi connectivity index (χ3n) is 4.32. The number of carbonyl (C=O) groups excluding carboxylic acids is 2. The molecule has 138 valence electrons. The fourth-order valence-corrected chi connectivity index (χ4v) is 5.50. The molecule has 7 nitrogen and oxygen atoms in total. The minimum atomic E-state index is -3.72. The van der Waals surface area contributed by atoms with Crippen molar-refractivity contribution in [1.82, 2.24) is 9.62 Å². The largest absolute Gasteiger partial charge is 0.448 e. The second-order valence-corrected chi connectivity index (χ2v) is 9.23. The molecule has 1 aliphatic heterocycles. The van der Waals surface area contributed by atoms with Crippen LogP contribution in [-0.2, 0) is 19.6 Å². The highest BCUT2D eigenvalue weighted by atomic mass is 32.2. The van der Waals surface area contributed by atoms with Gasteiger partial charge in [-0.1, -0.05) is 6.42 Å². The van der Waals surface area contributed by atoms with Crippen molar-refractivity contribution in [2.75, 3.05) is 13.1 Å². The van der Waals surface area contributed by atoms with Gasteiger partial charge in [-0.25, -0.2) is 13.2 Å². The molecule has 9 heteroatoms. The first-order valence-corrected chi connectivity index (χ1v) is 10.8. The fourth-order valence-electron chi connectivity index (χ4n) is 2.71. The summed E-state index contributed by atoms with van der Waals surface area (Å²) in [5.41, 5.74) is 0. The van der Waals surface area contributed by atoms with Crippen LogP contribution in [0.15, 0.2) is 16.3 Å². The predicted molar refractivity (Wildman–Crippen MR) is 93.0 cm³/mol. The summed E-state index contributed by atoms with van der Waals surface area (Å²) in [7, 11) is -3.72. The molecule has 1 aromatic rings. The van der Waals surface area contributed by atoms with Crippen LogP contribution < -0.4 is 5.32 Å². The van der Waals surface area contributed by atoms with Crippen molar-refractivity contribution in [3.05, 3.63) is 16.3 Å². The monoisotopic (exact) mass is 386 g/mol. The maximum atomic E-state index is 12.8. The van der Waals surface area contributed by atoms with Crippen molar-refractivity contribution in [2.45, 2.75) is 56.1 Å². The van der Waals surface area contributed by atoms with Crippen LogP contribution in [0.25, 0.3) is 0 Å². The minimum absolute atomic E-state index is 0.0247. The highest BCUT2D eigenvalue weighted by Crippen LogP contribution is 2.28.